The van der Waals surface area contributed by atoms with Crippen LogP contribution in [0.5, 0.6) is 0 Å². The molecule has 0 bridgehead atoms. The van der Waals surface area contributed by atoms with Gasteiger partial charge in [-0.15, -0.1) is 11.3 Å². The van der Waals surface area contributed by atoms with Gasteiger partial charge in [0.25, 0.3) is 0 Å². The molecule has 7 aromatic rings. The third-order valence-corrected chi connectivity index (χ3v) is 9.54. The Hall–Kier alpha value is -4.72. The number of hydrogen-bond donors (Lipinski definition) is 0. The van der Waals surface area contributed by atoms with Crippen LogP contribution in [0.4, 0.5) is 0 Å². The summed E-state index contributed by atoms with van der Waals surface area (Å²) in [6, 6.07) is 55.3. The summed E-state index contributed by atoms with van der Waals surface area (Å²) in [6.45, 7) is 6.93. The molecule has 0 aliphatic carbocycles. The van der Waals surface area contributed by atoms with E-state index in [0.717, 1.165) is 0 Å². The Kier molecular flexibility index (Phi) is 7.05. The Balaban J connectivity index is 1.55. The molecule has 208 valence electrons. The Labute approximate surface area is 258 Å². The van der Waals surface area contributed by atoms with E-state index in [0.29, 0.717) is 0 Å². The SMILES string of the molecule is CC(C)(C)c1cc(-c2ccccc2)c(-c2sc(-c3cccc(-c4ccccc4)c3)c3ccccc23)c(-c2ccccc2)c1. The Morgan fingerprint density at radius 2 is 0.837 bits per heavy atom. The zero-order valence-corrected chi connectivity index (χ0v) is 25.7. The Morgan fingerprint density at radius 1 is 0.395 bits per heavy atom. The second-order valence-corrected chi connectivity index (χ2v) is 13.2. The van der Waals surface area contributed by atoms with E-state index in [1.807, 2.05) is 11.3 Å². The van der Waals surface area contributed by atoms with Gasteiger partial charge >= 0.3 is 0 Å². The lowest BCUT2D eigenvalue weighted by molar-refractivity contribution is 0.591. The molecule has 1 heterocycles. The molecule has 1 heteroatoms. The molecule has 0 aliphatic heterocycles. The number of fused-ring (bicyclic) bond motifs is 1. The van der Waals surface area contributed by atoms with Gasteiger partial charge in [0.1, 0.15) is 0 Å². The average molecular weight is 571 g/mol. The first kappa shape index (κ1) is 27.1. The highest BCUT2D eigenvalue weighted by molar-refractivity contribution is 7.21. The van der Waals surface area contributed by atoms with E-state index in [2.05, 4.69) is 172 Å². The lowest BCUT2D eigenvalue weighted by Crippen LogP contribution is -2.12. The van der Waals surface area contributed by atoms with Gasteiger partial charge in [-0.1, -0.05) is 154 Å². The van der Waals surface area contributed by atoms with Crippen LogP contribution >= 0.6 is 11.3 Å². The van der Waals surface area contributed by atoms with E-state index in [-0.39, 0.29) is 5.41 Å². The maximum Gasteiger partial charge on any atom is 0.0440 e. The van der Waals surface area contributed by atoms with Crippen molar-refractivity contribution in [3.63, 3.8) is 0 Å². The zero-order chi connectivity index (χ0) is 29.4. The number of hydrogen-bond acceptors (Lipinski definition) is 1. The summed E-state index contributed by atoms with van der Waals surface area (Å²) in [5, 5.41) is 2.59. The predicted octanol–water partition coefficient (Wildman–Crippen LogP) is 12.5. The van der Waals surface area contributed by atoms with Crippen molar-refractivity contribution in [1.82, 2.24) is 0 Å². The van der Waals surface area contributed by atoms with Crippen LogP contribution in [0.15, 0.2) is 152 Å². The molecule has 7 rings (SSSR count). The topological polar surface area (TPSA) is 0 Å². The summed E-state index contributed by atoms with van der Waals surface area (Å²) in [6.07, 6.45) is 0. The van der Waals surface area contributed by atoms with Crippen LogP contribution in [0.2, 0.25) is 0 Å². The molecule has 43 heavy (non-hydrogen) atoms. The van der Waals surface area contributed by atoms with E-state index < -0.39 is 0 Å². The van der Waals surface area contributed by atoms with Crippen molar-refractivity contribution in [2.45, 2.75) is 26.2 Å². The minimum Gasteiger partial charge on any atom is -0.134 e. The van der Waals surface area contributed by atoms with Crippen molar-refractivity contribution >= 4 is 22.1 Å². The van der Waals surface area contributed by atoms with Crippen LogP contribution in [-0.2, 0) is 5.41 Å². The van der Waals surface area contributed by atoms with Gasteiger partial charge in [-0.2, -0.15) is 0 Å². The number of thiophene rings is 1. The minimum atomic E-state index is 0.00610. The molecule has 0 amide bonds. The van der Waals surface area contributed by atoms with Crippen molar-refractivity contribution in [3.05, 3.63) is 157 Å². The van der Waals surface area contributed by atoms with Crippen LogP contribution in [0, 0.1) is 0 Å². The van der Waals surface area contributed by atoms with Gasteiger partial charge in [0.05, 0.1) is 0 Å². The lowest BCUT2D eigenvalue weighted by atomic mass is 9.80. The first-order valence-corrected chi connectivity index (χ1v) is 15.8. The monoisotopic (exact) mass is 570 g/mol. The summed E-state index contributed by atoms with van der Waals surface area (Å²) < 4.78 is 0. The molecule has 1 aromatic heterocycles. The van der Waals surface area contributed by atoms with Gasteiger partial charge < -0.3 is 0 Å². The molecule has 0 nitrogen and oxygen atoms in total. The molecule has 0 saturated carbocycles. The third kappa shape index (κ3) is 5.22. The molecule has 0 fully saturated rings. The van der Waals surface area contributed by atoms with E-state index in [1.54, 1.807) is 0 Å². The standard InChI is InChI=1S/C42H34S/c1-42(2,3)34-27-37(30-18-9-5-10-19-30)39(38(28-34)31-20-11-6-12-21-31)41-36-25-14-13-24-35(36)40(43-41)33-23-15-22-32(26-33)29-16-7-4-8-17-29/h4-28H,1-3H3. The predicted molar refractivity (Wildman–Crippen MR) is 188 cm³/mol. The Morgan fingerprint density at radius 3 is 1.37 bits per heavy atom. The molecule has 0 N–H and O–H groups in total. The zero-order valence-electron chi connectivity index (χ0n) is 24.8. The fourth-order valence-corrected chi connectivity index (χ4v) is 7.32. The summed E-state index contributed by atoms with van der Waals surface area (Å²) in [4.78, 5) is 2.62. The fourth-order valence-electron chi connectivity index (χ4n) is 5.97. The first-order chi connectivity index (χ1) is 21.0. The molecule has 0 aliphatic rings. The van der Waals surface area contributed by atoms with Gasteiger partial charge in [-0.25, -0.2) is 0 Å². The van der Waals surface area contributed by atoms with Gasteiger partial charge in [-0.05, 0) is 68.1 Å². The molecule has 0 radical (unpaired) electrons. The highest BCUT2D eigenvalue weighted by atomic mass is 32.1. The normalized spacial score (nSPS) is 11.6. The number of benzene rings is 6. The smallest absolute Gasteiger partial charge is 0.0440 e. The molecular weight excluding hydrogens is 537 g/mol. The van der Waals surface area contributed by atoms with Crippen molar-refractivity contribution < 1.29 is 0 Å². The fraction of sp³-hybridized carbons (Fsp3) is 0.0952. The van der Waals surface area contributed by atoms with E-state index >= 15 is 0 Å². The molecule has 0 unspecified atom stereocenters. The van der Waals surface area contributed by atoms with Crippen LogP contribution in [0.1, 0.15) is 26.3 Å². The summed E-state index contributed by atoms with van der Waals surface area (Å²) in [7, 11) is 0. The van der Waals surface area contributed by atoms with E-state index in [1.165, 1.54) is 70.6 Å². The van der Waals surface area contributed by atoms with Crippen molar-refractivity contribution in [2.24, 2.45) is 0 Å². The molecule has 0 saturated heterocycles. The minimum absolute atomic E-state index is 0.00610. The second-order valence-electron chi connectivity index (χ2n) is 12.2. The highest BCUT2D eigenvalue weighted by Crippen LogP contribution is 2.51. The highest BCUT2D eigenvalue weighted by Gasteiger charge is 2.24. The van der Waals surface area contributed by atoms with Crippen molar-refractivity contribution in [2.75, 3.05) is 0 Å². The maximum absolute atomic E-state index is 2.43. The van der Waals surface area contributed by atoms with Gasteiger partial charge in [0.2, 0.25) is 0 Å². The van der Waals surface area contributed by atoms with Crippen molar-refractivity contribution in [3.8, 4) is 54.3 Å². The largest absolute Gasteiger partial charge is 0.134 e. The van der Waals surface area contributed by atoms with E-state index in [9.17, 15) is 0 Å². The molecular formula is C42H34S. The lowest BCUT2D eigenvalue weighted by Gasteiger charge is -2.24. The van der Waals surface area contributed by atoms with Crippen LogP contribution in [-0.4, -0.2) is 0 Å². The summed E-state index contributed by atoms with van der Waals surface area (Å²) in [5.74, 6) is 0. The summed E-state index contributed by atoms with van der Waals surface area (Å²) >= 11 is 1.91. The van der Waals surface area contributed by atoms with Crippen molar-refractivity contribution in [1.29, 1.82) is 0 Å². The van der Waals surface area contributed by atoms with Gasteiger partial charge in [-0.3, -0.25) is 0 Å². The first-order valence-electron chi connectivity index (χ1n) is 14.9. The van der Waals surface area contributed by atoms with Crippen LogP contribution in [0.3, 0.4) is 0 Å². The summed E-state index contributed by atoms with van der Waals surface area (Å²) in [5.41, 5.74) is 11.4. The van der Waals surface area contributed by atoms with Crippen LogP contribution in [0.25, 0.3) is 65.0 Å². The molecule has 0 atom stereocenters. The van der Waals surface area contributed by atoms with E-state index in [4.69, 9.17) is 0 Å². The average Bonchev–Trinajstić information content (AvgIpc) is 3.44. The Bertz CT molecular complexity index is 1960. The second kappa shape index (κ2) is 11.2. The third-order valence-electron chi connectivity index (χ3n) is 8.25. The molecule has 0 spiro atoms. The molecule has 6 aromatic carbocycles. The number of rotatable bonds is 5. The maximum atomic E-state index is 2.43. The quantitative estimate of drug-likeness (QED) is 0.193. The van der Waals surface area contributed by atoms with Gasteiger partial charge in [0.15, 0.2) is 0 Å². The van der Waals surface area contributed by atoms with Gasteiger partial charge in [0, 0.05) is 26.1 Å². The van der Waals surface area contributed by atoms with Crippen LogP contribution < -0.4 is 0 Å².